The Kier molecular flexibility index (Phi) is 4.43. The maximum atomic E-state index is 11.3. The lowest BCUT2D eigenvalue weighted by atomic mass is 10.2. The number of hydrogen-bond acceptors (Lipinski definition) is 4. The number of carbonyl (C=O) groups is 1. The van der Waals surface area contributed by atoms with Crippen LogP contribution in [-0.4, -0.2) is 30.3 Å². The Hall–Kier alpha value is -1.75. The summed E-state index contributed by atoms with van der Waals surface area (Å²) in [5.41, 5.74) is 0.607. The first-order valence-electron chi connectivity index (χ1n) is 4.67. The molecular formula is C10H14N4O. The molecule has 0 aliphatic heterocycles. The van der Waals surface area contributed by atoms with Gasteiger partial charge in [0.15, 0.2) is 0 Å². The molecule has 0 saturated carbocycles. The number of rotatable bonds is 4. The summed E-state index contributed by atoms with van der Waals surface area (Å²) in [6, 6.07) is 3.46. The summed E-state index contributed by atoms with van der Waals surface area (Å²) >= 11 is 0. The highest BCUT2D eigenvalue weighted by molar-refractivity contribution is 6.05. The van der Waals surface area contributed by atoms with Crippen LogP contribution < -0.4 is 10.6 Å². The first-order valence-corrected chi connectivity index (χ1v) is 4.67. The van der Waals surface area contributed by atoms with Crippen molar-refractivity contribution < 1.29 is 4.79 Å². The lowest BCUT2D eigenvalue weighted by Gasteiger charge is -2.05. The zero-order chi connectivity index (χ0) is 11.1. The molecule has 0 unspecified atom stereocenters. The van der Waals surface area contributed by atoms with Gasteiger partial charge in [0.25, 0.3) is 0 Å². The van der Waals surface area contributed by atoms with E-state index in [4.69, 9.17) is 5.41 Å². The zero-order valence-corrected chi connectivity index (χ0v) is 8.58. The lowest BCUT2D eigenvalue weighted by Crippen LogP contribution is -2.32. The Labute approximate surface area is 88.4 Å². The predicted molar refractivity (Wildman–Crippen MR) is 57.8 cm³/mol. The molecule has 5 heteroatoms. The number of carbonyl (C=O) groups excluding carboxylic acids is 1. The van der Waals surface area contributed by atoms with E-state index >= 15 is 0 Å². The summed E-state index contributed by atoms with van der Waals surface area (Å²) < 4.78 is 0. The molecule has 0 spiro atoms. The van der Waals surface area contributed by atoms with E-state index in [9.17, 15) is 4.79 Å². The molecule has 0 radical (unpaired) electrons. The highest BCUT2D eigenvalue weighted by atomic mass is 16.1. The van der Waals surface area contributed by atoms with Crippen molar-refractivity contribution in [2.24, 2.45) is 0 Å². The summed E-state index contributed by atoms with van der Waals surface area (Å²) in [5, 5.41) is 13.0. The summed E-state index contributed by atoms with van der Waals surface area (Å²) in [6.07, 6.45) is 3.53. The van der Waals surface area contributed by atoms with E-state index in [1.807, 2.05) is 0 Å². The zero-order valence-electron chi connectivity index (χ0n) is 8.58. The third kappa shape index (κ3) is 3.86. The first-order chi connectivity index (χ1) is 7.24. The minimum absolute atomic E-state index is 0.0872. The van der Waals surface area contributed by atoms with Gasteiger partial charge in [0.1, 0.15) is 5.84 Å². The molecule has 1 heterocycles. The third-order valence-corrected chi connectivity index (χ3v) is 1.82. The van der Waals surface area contributed by atoms with Crippen LogP contribution in [0.5, 0.6) is 0 Å². The van der Waals surface area contributed by atoms with Crippen molar-refractivity contribution in [3.63, 3.8) is 0 Å². The van der Waals surface area contributed by atoms with E-state index in [1.165, 1.54) is 0 Å². The third-order valence-electron chi connectivity index (χ3n) is 1.82. The van der Waals surface area contributed by atoms with Gasteiger partial charge in [0, 0.05) is 30.9 Å². The van der Waals surface area contributed by atoms with E-state index in [2.05, 4.69) is 15.6 Å². The van der Waals surface area contributed by atoms with Gasteiger partial charge in [-0.05, 0) is 19.2 Å². The van der Waals surface area contributed by atoms with Crippen molar-refractivity contribution in [2.45, 2.75) is 6.42 Å². The largest absolute Gasteiger partial charge is 0.319 e. The Morgan fingerprint density at radius 3 is 3.00 bits per heavy atom. The van der Waals surface area contributed by atoms with Crippen LogP contribution in [-0.2, 0) is 4.79 Å². The summed E-state index contributed by atoms with van der Waals surface area (Å²) in [4.78, 5) is 15.1. The Bertz CT molecular complexity index is 337. The molecule has 0 atom stereocenters. The molecular weight excluding hydrogens is 192 g/mol. The molecule has 1 rings (SSSR count). The lowest BCUT2D eigenvalue weighted by molar-refractivity contribution is -0.119. The fourth-order valence-corrected chi connectivity index (χ4v) is 1.02. The number of nitrogens with one attached hydrogen (secondary N) is 3. The van der Waals surface area contributed by atoms with Gasteiger partial charge in [-0.3, -0.25) is 15.2 Å². The molecule has 1 aromatic rings. The van der Waals surface area contributed by atoms with Crippen LogP contribution in [0.1, 0.15) is 12.0 Å². The van der Waals surface area contributed by atoms with E-state index in [0.717, 1.165) is 0 Å². The maximum Gasteiger partial charge on any atom is 0.226 e. The van der Waals surface area contributed by atoms with E-state index in [1.54, 1.807) is 31.6 Å². The second-order valence-electron chi connectivity index (χ2n) is 3.02. The van der Waals surface area contributed by atoms with Crippen LogP contribution >= 0.6 is 0 Å². The fraction of sp³-hybridized carbons (Fsp3) is 0.300. The average molecular weight is 206 g/mol. The minimum atomic E-state index is -0.168. The molecule has 5 nitrogen and oxygen atoms in total. The number of amides is 1. The van der Waals surface area contributed by atoms with Crippen molar-refractivity contribution in [2.75, 3.05) is 13.6 Å². The van der Waals surface area contributed by atoms with Crippen LogP contribution in [0, 0.1) is 5.41 Å². The molecule has 0 saturated heterocycles. The second-order valence-corrected chi connectivity index (χ2v) is 3.02. The molecule has 0 aliphatic carbocycles. The van der Waals surface area contributed by atoms with Crippen molar-refractivity contribution in [1.29, 1.82) is 5.41 Å². The SMILES string of the molecule is CNCCC(=O)NC(=N)c1cccnc1. The first kappa shape index (κ1) is 11.3. The normalized spacial score (nSPS) is 9.67. The van der Waals surface area contributed by atoms with Crippen LogP contribution in [0.2, 0.25) is 0 Å². The molecule has 80 valence electrons. The minimum Gasteiger partial charge on any atom is -0.319 e. The number of nitrogens with zero attached hydrogens (tertiary/aromatic N) is 1. The Morgan fingerprint density at radius 2 is 2.40 bits per heavy atom. The Morgan fingerprint density at radius 1 is 1.60 bits per heavy atom. The van der Waals surface area contributed by atoms with Crippen molar-refractivity contribution in [1.82, 2.24) is 15.6 Å². The van der Waals surface area contributed by atoms with Gasteiger partial charge in [0.05, 0.1) is 0 Å². The Balaban J connectivity index is 2.46. The van der Waals surface area contributed by atoms with E-state index in [-0.39, 0.29) is 11.7 Å². The van der Waals surface area contributed by atoms with E-state index in [0.29, 0.717) is 18.5 Å². The fourth-order valence-electron chi connectivity index (χ4n) is 1.02. The molecule has 0 fully saturated rings. The van der Waals surface area contributed by atoms with Crippen LogP contribution in [0.25, 0.3) is 0 Å². The standard InChI is InChI=1S/C10H14N4O/c1-12-6-4-9(15)14-10(11)8-3-2-5-13-7-8/h2-3,5,7,12H,4,6H2,1H3,(H2,11,14,15). The molecule has 0 aliphatic rings. The number of pyridine rings is 1. The average Bonchev–Trinajstić information content (AvgIpc) is 2.27. The predicted octanol–water partition coefficient (Wildman–Crippen LogP) is 0.133. The maximum absolute atomic E-state index is 11.3. The highest BCUT2D eigenvalue weighted by Gasteiger charge is 2.05. The number of aromatic nitrogens is 1. The van der Waals surface area contributed by atoms with Crippen molar-refractivity contribution in [3.05, 3.63) is 30.1 Å². The van der Waals surface area contributed by atoms with E-state index < -0.39 is 0 Å². The van der Waals surface area contributed by atoms with Gasteiger partial charge < -0.3 is 10.6 Å². The molecule has 1 amide bonds. The second kappa shape index (κ2) is 5.87. The molecule has 3 N–H and O–H groups in total. The molecule has 0 bridgehead atoms. The van der Waals surface area contributed by atoms with Gasteiger partial charge >= 0.3 is 0 Å². The van der Waals surface area contributed by atoms with Gasteiger partial charge in [-0.1, -0.05) is 0 Å². The van der Waals surface area contributed by atoms with Crippen molar-refractivity contribution in [3.8, 4) is 0 Å². The molecule has 15 heavy (non-hydrogen) atoms. The van der Waals surface area contributed by atoms with Gasteiger partial charge in [-0.2, -0.15) is 0 Å². The number of hydrogen-bond donors (Lipinski definition) is 3. The van der Waals surface area contributed by atoms with Gasteiger partial charge in [0.2, 0.25) is 5.91 Å². The molecule has 1 aromatic heterocycles. The topological polar surface area (TPSA) is 77.9 Å². The van der Waals surface area contributed by atoms with Crippen molar-refractivity contribution >= 4 is 11.7 Å². The quantitative estimate of drug-likeness (QED) is 0.484. The summed E-state index contributed by atoms with van der Waals surface area (Å²) in [6.45, 7) is 0.603. The van der Waals surface area contributed by atoms with Gasteiger partial charge in [-0.15, -0.1) is 0 Å². The van der Waals surface area contributed by atoms with Crippen LogP contribution in [0.3, 0.4) is 0 Å². The monoisotopic (exact) mass is 206 g/mol. The highest BCUT2D eigenvalue weighted by Crippen LogP contribution is 1.94. The smallest absolute Gasteiger partial charge is 0.226 e. The molecule has 0 aromatic carbocycles. The summed E-state index contributed by atoms with van der Waals surface area (Å²) in [5.74, 6) is -0.0811. The number of amidine groups is 1. The summed E-state index contributed by atoms with van der Waals surface area (Å²) in [7, 11) is 1.78. The van der Waals surface area contributed by atoms with Crippen LogP contribution in [0.15, 0.2) is 24.5 Å². The van der Waals surface area contributed by atoms with Gasteiger partial charge in [-0.25, -0.2) is 0 Å². The van der Waals surface area contributed by atoms with Crippen LogP contribution in [0.4, 0.5) is 0 Å².